The van der Waals surface area contributed by atoms with Crippen molar-refractivity contribution in [2.45, 2.75) is 25.3 Å². The van der Waals surface area contributed by atoms with Crippen LogP contribution < -0.4 is 10.0 Å². The Balaban J connectivity index is 2.00. The number of carbonyl (C=O) groups is 1. The molecule has 0 atom stereocenters. The molecule has 22 heavy (non-hydrogen) atoms. The van der Waals surface area contributed by atoms with Gasteiger partial charge in [0.15, 0.2) is 0 Å². The zero-order valence-corrected chi connectivity index (χ0v) is 14.2. The molecule has 1 amide bonds. The molecule has 0 fully saturated rings. The van der Waals surface area contributed by atoms with E-state index in [4.69, 9.17) is 0 Å². The van der Waals surface area contributed by atoms with E-state index in [1.54, 1.807) is 6.33 Å². The largest absolute Gasteiger partial charge is 0.354 e. The molecule has 0 aliphatic heterocycles. The Morgan fingerprint density at radius 3 is 2.73 bits per heavy atom. The molecular formula is C13H18N4O3S2. The minimum absolute atomic E-state index is 0.106. The summed E-state index contributed by atoms with van der Waals surface area (Å²) >= 11 is 1.10. The fraction of sp³-hybridized carbons (Fsp3) is 0.385. The molecule has 2 rings (SSSR count). The lowest BCUT2D eigenvalue weighted by molar-refractivity contribution is 0.0967. The van der Waals surface area contributed by atoms with E-state index in [1.807, 2.05) is 18.4 Å². The number of hydrogen-bond acceptors (Lipinski definition) is 5. The monoisotopic (exact) mass is 342 g/mol. The lowest BCUT2D eigenvalue weighted by atomic mass is 10.4. The zero-order valence-electron chi connectivity index (χ0n) is 12.6. The standard InChI is InChI=1S/C13H18N4O3S2/c1-9-10(2)17(8-15-9)5-4-16-22(19,20)11-6-12(21-7-11)13(18)14-3/h6-8,16H,4-5H2,1-3H3,(H,14,18). The number of sulfonamides is 1. The molecule has 7 nitrogen and oxygen atoms in total. The van der Waals surface area contributed by atoms with Gasteiger partial charge in [-0.15, -0.1) is 11.3 Å². The Morgan fingerprint density at radius 1 is 1.41 bits per heavy atom. The predicted molar refractivity (Wildman–Crippen MR) is 84.6 cm³/mol. The molecule has 0 saturated heterocycles. The number of aromatic nitrogens is 2. The van der Waals surface area contributed by atoms with Gasteiger partial charge in [-0.25, -0.2) is 18.1 Å². The maximum Gasteiger partial charge on any atom is 0.261 e. The van der Waals surface area contributed by atoms with Crippen LogP contribution in [-0.2, 0) is 16.6 Å². The van der Waals surface area contributed by atoms with Crippen molar-refractivity contribution in [1.29, 1.82) is 0 Å². The maximum absolute atomic E-state index is 12.2. The smallest absolute Gasteiger partial charge is 0.261 e. The lowest BCUT2D eigenvalue weighted by Gasteiger charge is -2.07. The van der Waals surface area contributed by atoms with Gasteiger partial charge in [0.1, 0.15) is 0 Å². The van der Waals surface area contributed by atoms with Gasteiger partial charge >= 0.3 is 0 Å². The summed E-state index contributed by atoms with van der Waals surface area (Å²) in [6.45, 7) is 4.59. The highest BCUT2D eigenvalue weighted by atomic mass is 32.2. The quantitative estimate of drug-likeness (QED) is 0.816. The van der Waals surface area contributed by atoms with E-state index in [9.17, 15) is 13.2 Å². The molecule has 0 saturated carbocycles. The van der Waals surface area contributed by atoms with Gasteiger partial charge in [-0.2, -0.15) is 0 Å². The van der Waals surface area contributed by atoms with Gasteiger partial charge in [0.25, 0.3) is 5.91 Å². The Morgan fingerprint density at radius 2 is 2.14 bits per heavy atom. The molecule has 2 N–H and O–H groups in total. The number of aryl methyl sites for hydroxylation is 1. The molecule has 0 bridgehead atoms. The lowest BCUT2D eigenvalue weighted by Crippen LogP contribution is -2.27. The number of thiophene rings is 1. The summed E-state index contributed by atoms with van der Waals surface area (Å²) in [4.78, 5) is 16.1. The van der Waals surface area contributed by atoms with Crippen LogP contribution in [0.2, 0.25) is 0 Å². The van der Waals surface area contributed by atoms with E-state index in [0.29, 0.717) is 11.4 Å². The SMILES string of the molecule is CNC(=O)c1cc(S(=O)(=O)NCCn2cnc(C)c2C)cs1. The van der Waals surface area contributed by atoms with Crippen LogP contribution in [0.15, 0.2) is 22.7 Å². The van der Waals surface area contributed by atoms with Crippen LogP contribution in [-0.4, -0.2) is 37.5 Å². The molecular weight excluding hydrogens is 324 g/mol. The Hall–Kier alpha value is -1.71. The zero-order chi connectivity index (χ0) is 16.3. The molecule has 0 radical (unpaired) electrons. The van der Waals surface area contributed by atoms with E-state index >= 15 is 0 Å². The number of amides is 1. The summed E-state index contributed by atoms with van der Waals surface area (Å²) in [5, 5.41) is 3.92. The van der Waals surface area contributed by atoms with Gasteiger partial charge < -0.3 is 9.88 Å². The third-order valence-electron chi connectivity index (χ3n) is 3.33. The normalized spacial score (nSPS) is 11.6. The van der Waals surface area contributed by atoms with Crippen molar-refractivity contribution in [2.75, 3.05) is 13.6 Å². The molecule has 0 unspecified atom stereocenters. The summed E-state index contributed by atoms with van der Waals surface area (Å²) in [6.07, 6.45) is 1.69. The fourth-order valence-corrected chi connectivity index (χ4v) is 4.10. The van der Waals surface area contributed by atoms with E-state index in [2.05, 4.69) is 15.0 Å². The first-order valence-electron chi connectivity index (χ1n) is 6.63. The van der Waals surface area contributed by atoms with E-state index in [0.717, 1.165) is 22.7 Å². The molecule has 120 valence electrons. The molecule has 0 spiro atoms. The summed E-state index contributed by atoms with van der Waals surface area (Å²) in [5.41, 5.74) is 1.94. The van der Waals surface area contributed by atoms with Gasteiger partial charge in [-0.05, 0) is 19.9 Å². The topological polar surface area (TPSA) is 93.1 Å². The van der Waals surface area contributed by atoms with Crippen molar-refractivity contribution in [3.8, 4) is 0 Å². The van der Waals surface area contributed by atoms with Crippen LogP contribution in [0.25, 0.3) is 0 Å². The highest BCUT2D eigenvalue weighted by Crippen LogP contribution is 2.19. The second-order valence-corrected chi connectivity index (χ2v) is 7.41. The number of rotatable bonds is 6. The Bertz CT molecular complexity index is 777. The van der Waals surface area contributed by atoms with Crippen LogP contribution in [0, 0.1) is 13.8 Å². The maximum atomic E-state index is 12.2. The predicted octanol–water partition coefficient (Wildman–Crippen LogP) is 0.900. The Kier molecular flexibility index (Phi) is 4.99. The van der Waals surface area contributed by atoms with Gasteiger partial charge in [0, 0.05) is 31.2 Å². The molecule has 2 heterocycles. The number of nitrogens with zero attached hydrogens (tertiary/aromatic N) is 2. The first-order chi connectivity index (χ1) is 10.3. The average Bonchev–Trinajstić information content (AvgIpc) is 3.09. The van der Waals surface area contributed by atoms with Crippen LogP contribution in [0.1, 0.15) is 21.1 Å². The summed E-state index contributed by atoms with van der Waals surface area (Å²) in [7, 11) is -2.11. The van der Waals surface area contributed by atoms with Crippen LogP contribution in [0.3, 0.4) is 0 Å². The van der Waals surface area contributed by atoms with Gasteiger partial charge in [-0.3, -0.25) is 4.79 Å². The van der Waals surface area contributed by atoms with Crippen LogP contribution in [0.5, 0.6) is 0 Å². The second kappa shape index (κ2) is 6.59. The number of imidazole rings is 1. The number of hydrogen-bond donors (Lipinski definition) is 2. The molecule has 0 aliphatic rings. The van der Waals surface area contributed by atoms with Crippen molar-refractivity contribution in [3.05, 3.63) is 34.0 Å². The summed E-state index contributed by atoms with van der Waals surface area (Å²) < 4.78 is 28.8. The van der Waals surface area contributed by atoms with Crippen molar-refractivity contribution >= 4 is 27.3 Å². The molecule has 0 aromatic carbocycles. The highest BCUT2D eigenvalue weighted by Gasteiger charge is 2.18. The molecule has 2 aromatic heterocycles. The molecule has 2 aromatic rings. The van der Waals surface area contributed by atoms with Crippen LogP contribution in [0.4, 0.5) is 0 Å². The average molecular weight is 342 g/mol. The van der Waals surface area contributed by atoms with E-state index in [-0.39, 0.29) is 17.3 Å². The number of carbonyl (C=O) groups excluding carboxylic acids is 1. The highest BCUT2D eigenvalue weighted by molar-refractivity contribution is 7.89. The van der Waals surface area contributed by atoms with E-state index < -0.39 is 10.0 Å². The summed E-state index contributed by atoms with van der Waals surface area (Å²) in [5.74, 6) is -0.295. The fourth-order valence-electron chi connectivity index (χ4n) is 1.86. The summed E-state index contributed by atoms with van der Waals surface area (Å²) in [6, 6.07) is 1.37. The third kappa shape index (κ3) is 3.54. The third-order valence-corrected chi connectivity index (χ3v) is 5.85. The van der Waals surface area contributed by atoms with Crippen LogP contribution >= 0.6 is 11.3 Å². The molecule has 0 aliphatic carbocycles. The Labute approximate surface area is 133 Å². The van der Waals surface area contributed by atoms with Gasteiger partial charge in [0.2, 0.25) is 10.0 Å². The van der Waals surface area contributed by atoms with Crippen molar-refractivity contribution in [2.24, 2.45) is 0 Å². The van der Waals surface area contributed by atoms with Gasteiger partial charge in [-0.1, -0.05) is 0 Å². The number of nitrogens with one attached hydrogen (secondary N) is 2. The first kappa shape index (κ1) is 16.7. The molecule has 9 heteroatoms. The van der Waals surface area contributed by atoms with Crippen molar-refractivity contribution in [3.63, 3.8) is 0 Å². The van der Waals surface area contributed by atoms with Crippen molar-refractivity contribution < 1.29 is 13.2 Å². The minimum Gasteiger partial charge on any atom is -0.354 e. The second-order valence-electron chi connectivity index (χ2n) is 4.73. The first-order valence-corrected chi connectivity index (χ1v) is 9.00. The minimum atomic E-state index is -3.61. The van der Waals surface area contributed by atoms with E-state index in [1.165, 1.54) is 18.5 Å². The van der Waals surface area contributed by atoms with Gasteiger partial charge in [0.05, 0.1) is 21.8 Å². The van der Waals surface area contributed by atoms with Crippen molar-refractivity contribution in [1.82, 2.24) is 19.6 Å².